The Morgan fingerprint density at radius 3 is 2.46 bits per heavy atom. The van der Waals surface area contributed by atoms with Crippen molar-refractivity contribution in [1.29, 1.82) is 0 Å². The van der Waals surface area contributed by atoms with Crippen LogP contribution in [-0.2, 0) is 13.1 Å². The number of aromatic nitrogens is 2. The summed E-state index contributed by atoms with van der Waals surface area (Å²) in [5.74, 6) is 0.0550. The first-order chi connectivity index (χ1) is 13.7. The Morgan fingerprint density at radius 2 is 1.68 bits per heavy atom. The van der Waals surface area contributed by atoms with E-state index in [9.17, 15) is 9.59 Å². The Kier molecular flexibility index (Phi) is 4.88. The van der Waals surface area contributed by atoms with Crippen LogP contribution < -0.4 is 10.6 Å². The van der Waals surface area contributed by atoms with Crippen molar-refractivity contribution in [2.24, 2.45) is 0 Å². The van der Waals surface area contributed by atoms with Crippen molar-refractivity contribution < 1.29 is 14.0 Å². The van der Waals surface area contributed by atoms with Crippen molar-refractivity contribution in [3.05, 3.63) is 96.0 Å². The second-order valence-electron chi connectivity index (χ2n) is 6.17. The van der Waals surface area contributed by atoms with E-state index in [0.717, 1.165) is 5.56 Å². The van der Waals surface area contributed by atoms with Gasteiger partial charge < -0.3 is 15.1 Å². The first-order valence-corrected chi connectivity index (χ1v) is 8.82. The standard InChI is InChI=1S/C21H18N4O3/c26-20(22-13-15-7-2-1-3-8-15)18-17-10-4-5-11-25(17)19(24-18)21(27)23-14-16-9-6-12-28-16/h1-12H,13-14H2,(H,22,26)(H,23,27). The number of amides is 2. The molecule has 7 heteroatoms. The molecular formula is C21H18N4O3. The SMILES string of the molecule is O=C(NCc1ccccc1)c1nc(C(=O)NCc2ccco2)n2ccccc12. The minimum absolute atomic E-state index is 0.145. The molecule has 0 unspecified atom stereocenters. The van der Waals surface area contributed by atoms with Gasteiger partial charge in [0.15, 0.2) is 5.69 Å². The van der Waals surface area contributed by atoms with E-state index in [0.29, 0.717) is 17.8 Å². The molecule has 28 heavy (non-hydrogen) atoms. The summed E-state index contributed by atoms with van der Waals surface area (Å²) in [6.07, 6.45) is 3.25. The number of nitrogens with one attached hydrogen (secondary N) is 2. The van der Waals surface area contributed by atoms with Crippen LogP contribution in [-0.4, -0.2) is 21.2 Å². The van der Waals surface area contributed by atoms with Crippen LogP contribution in [0.3, 0.4) is 0 Å². The highest BCUT2D eigenvalue weighted by atomic mass is 16.3. The molecule has 3 aromatic heterocycles. The Morgan fingerprint density at radius 1 is 0.893 bits per heavy atom. The third kappa shape index (κ3) is 3.64. The molecule has 2 amide bonds. The van der Waals surface area contributed by atoms with Crippen molar-refractivity contribution in [3.8, 4) is 0 Å². The highest BCUT2D eigenvalue weighted by molar-refractivity contribution is 6.02. The van der Waals surface area contributed by atoms with Gasteiger partial charge in [0.05, 0.1) is 18.3 Å². The second kappa shape index (κ2) is 7.79. The first-order valence-electron chi connectivity index (χ1n) is 8.82. The zero-order chi connectivity index (χ0) is 19.3. The summed E-state index contributed by atoms with van der Waals surface area (Å²) in [7, 11) is 0. The van der Waals surface area contributed by atoms with Gasteiger partial charge in [-0.25, -0.2) is 4.98 Å². The van der Waals surface area contributed by atoms with Crippen LogP contribution in [0.1, 0.15) is 32.4 Å². The molecule has 7 nitrogen and oxygen atoms in total. The molecule has 0 aliphatic rings. The van der Waals surface area contributed by atoms with Gasteiger partial charge in [-0.2, -0.15) is 0 Å². The number of fused-ring (bicyclic) bond motifs is 1. The number of carbonyl (C=O) groups is 2. The second-order valence-corrected chi connectivity index (χ2v) is 6.17. The maximum Gasteiger partial charge on any atom is 0.288 e. The molecular weight excluding hydrogens is 356 g/mol. The minimum atomic E-state index is -0.389. The van der Waals surface area contributed by atoms with Crippen LogP contribution in [0, 0.1) is 0 Å². The van der Waals surface area contributed by atoms with E-state index in [2.05, 4.69) is 15.6 Å². The highest BCUT2D eigenvalue weighted by Gasteiger charge is 2.21. The van der Waals surface area contributed by atoms with E-state index in [1.54, 1.807) is 47.2 Å². The number of hydrogen-bond donors (Lipinski definition) is 2. The van der Waals surface area contributed by atoms with E-state index in [-0.39, 0.29) is 29.9 Å². The fraction of sp³-hybridized carbons (Fsp3) is 0.0952. The molecule has 0 saturated heterocycles. The van der Waals surface area contributed by atoms with Crippen LogP contribution in [0.25, 0.3) is 5.52 Å². The molecule has 0 bridgehead atoms. The number of furan rings is 1. The third-order valence-electron chi connectivity index (χ3n) is 4.27. The molecule has 0 aliphatic heterocycles. The number of pyridine rings is 1. The largest absolute Gasteiger partial charge is 0.467 e. The number of benzene rings is 1. The van der Waals surface area contributed by atoms with Crippen LogP contribution in [0.15, 0.2) is 77.5 Å². The molecule has 4 aromatic rings. The van der Waals surface area contributed by atoms with Crippen LogP contribution in [0.5, 0.6) is 0 Å². The van der Waals surface area contributed by atoms with Gasteiger partial charge in [0.1, 0.15) is 5.76 Å². The van der Waals surface area contributed by atoms with Gasteiger partial charge in [-0.15, -0.1) is 0 Å². The molecule has 0 atom stereocenters. The molecule has 0 saturated carbocycles. The summed E-state index contributed by atoms with van der Waals surface area (Å²) in [5, 5.41) is 5.61. The number of rotatable bonds is 6. The quantitative estimate of drug-likeness (QED) is 0.543. The summed E-state index contributed by atoms with van der Waals surface area (Å²) in [6, 6.07) is 18.5. The number of hydrogen-bond acceptors (Lipinski definition) is 4. The first kappa shape index (κ1) is 17.5. The summed E-state index contributed by atoms with van der Waals surface area (Å²) >= 11 is 0. The van der Waals surface area contributed by atoms with Gasteiger partial charge in [0.2, 0.25) is 5.82 Å². The fourth-order valence-electron chi connectivity index (χ4n) is 2.89. The highest BCUT2D eigenvalue weighted by Crippen LogP contribution is 2.14. The van der Waals surface area contributed by atoms with Crippen LogP contribution in [0.2, 0.25) is 0 Å². The predicted octanol–water partition coefficient (Wildman–Crippen LogP) is 2.79. The number of nitrogens with zero attached hydrogens (tertiary/aromatic N) is 2. The lowest BCUT2D eigenvalue weighted by Crippen LogP contribution is -2.25. The summed E-state index contributed by atoms with van der Waals surface area (Å²) < 4.78 is 6.82. The van der Waals surface area contributed by atoms with E-state index < -0.39 is 0 Å². The maximum atomic E-state index is 12.7. The zero-order valence-electron chi connectivity index (χ0n) is 15.0. The lowest BCUT2D eigenvalue weighted by molar-refractivity contribution is 0.0937. The van der Waals surface area contributed by atoms with Crippen molar-refractivity contribution in [1.82, 2.24) is 20.0 Å². The van der Waals surface area contributed by atoms with Crippen molar-refractivity contribution in [2.75, 3.05) is 0 Å². The molecule has 0 aliphatic carbocycles. The van der Waals surface area contributed by atoms with Crippen LogP contribution in [0.4, 0.5) is 0 Å². The Bertz CT molecular complexity index is 1100. The molecule has 1 aromatic carbocycles. The lowest BCUT2D eigenvalue weighted by Gasteiger charge is -2.03. The Labute approximate surface area is 161 Å². The van der Waals surface area contributed by atoms with Crippen molar-refractivity contribution in [2.45, 2.75) is 13.1 Å². The molecule has 0 fully saturated rings. The van der Waals surface area contributed by atoms with Gasteiger partial charge in [-0.1, -0.05) is 36.4 Å². The average molecular weight is 374 g/mol. The molecule has 140 valence electrons. The van der Waals surface area contributed by atoms with Gasteiger partial charge in [-0.3, -0.25) is 14.0 Å². The smallest absolute Gasteiger partial charge is 0.288 e. The Balaban J connectivity index is 1.55. The Hall–Kier alpha value is -3.87. The number of carbonyl (C=O) groups excluding carboxylic acids is 2. The fourth-order valence-corrected chi connectivity index (χ4v) is 2.89. The molecule has 0 spiro atoms. The summed E-state index contributed by atoms with van der Waals surface area (Å²) in [6.45, 7) is 0.620. The lowest BCUT2D eigenvalue weighted by atomic mass is 10.2. The van der Waals surface area contributed by atoms with E-state index in [4.69, 9.17) is 4.42 Å². The van der Waals surface area contributed by atoms with E-state index in [1.165, 1.54) is 0 Å². The summed E-state index contributed by atoms with van der Waals surface area (Å²) in [4.78, 5) is 29.6. The van der Waals surface area contributed by atoms with Crippen molar-refractivity contribution >= 4 is 17.3 Å². The predicted molar refractivity (Wildman–Crippen MR) is 103 cm³/mol. The third-order valence-corrected chi connectivity index (χ3v) is 4.27. The summed E-state index contributed by atoms with van der Waals surface area (Å²) in [5.41, 5.74) is 1.76. The number of imidazole rings is 1. The minimum Gasteiger partial charge on any atom is -0.467 e. The molecule has 0 radical (unpaired) electrons. The van der Waals surface area contributed by atoms with Gasteiger partial charge in [-0.05, 0) is 29.8 Å². The molecule has 3 heterocycles. The topological polar surface area (TPSA) is 88.6 Å². The molecule has 4 rings (SSSR count). The monoisotopic (exact) mass is 374 g/mol. The van der Waals surface area contributed by atoms with E-state index >= 15 is 0 Å². The van der Waals surface area contributed by atoms with Gasteiger partial charge >= 0.3 is 0 Å². The van der Waals surface area contributed by atoms with Crippen LogP contribution >= 0.6 is 0 Å². The maximum absolute atomic E-state index is 12.7. The van der Waals surface area contributed by atoms with Gasteiger partial charge in [0.25, 0.3) is 11.8 Å². The van der Waals surface area contributed by atoms with Gasteiger partial charge in [0, 0.05) is 12.7 Å². The zero-order valence-corrected chi connectivity index (χ0v) is 15.0. The molecule has 2 N–H and O–H groups in total. The van der Waals surface area contributed by atoms with Crippen molar-refractivity contribution in [3.63, 3.8) is 0 Å². The average Bonchev–Trinajstić information content (AvgIpc) is 3.39. The normalized spacial score (nSPS) is 10.7. The van der Waals surface area contributed by atoms with E-state index in [1.807, 2.05) is 30.3 Å².